The Hall–Kier alpha value is -1.42. The highest BCUT2D eigenvalue weighted by atomic mass is 32.2. The highest BCUT2D eigenvalue weighted by Crippen LogP contribution is 2.20. The molecule has 20 heavy (non-hydrogen) atoms. The van der Waals surface area contributed by atoms with Crippen LogP contribution in [0.2, 0.25) is 0 Å². The van der Waals surface area contributed by atoms with Gasteiger partial charge in [-0.05, 0) is 18.6 Å². The van der Waals surface area contributed by atoms with E-state index in [-0.39, 0.29) is 23.6 Å². The summed E-state index contributed by atoms with van der Waals surface area (Å²) in [5.74, 6) is 0. The van der Waals surface area contributed by atoms with E-state index in [1.807, 2.05) is 13.0 Å². The first-order valence-corrected chi connectivity index (χ1v) is 8.12. The molecular formula is C14H20N2O3S. The van der Waals surface area contributed by atoms with Gasteiger partial charge in [0.25, 0.3) is 0 Å². The van der Waals surface area contributed by atoms with Crippen LogP contribution in [-0.4, -0.2) is 37.5 Å². The largest absolute Gasteiger partial charge is 0.395 e. The SMILES string of the molecule is CCCCCN(CCO)S(=O)(=O)c1ccccc1C#N. The number of aliphatic hydroxyl groups excluding tert-OH is 1. The third-order valence-electron chi connectivity index (χ3n) is 2.99. The summed E-state index contributed by atoms with van der Waals surface area (Å²) in [6.45, 7) is 2.21. The molecule has 110 valence electrons. The number of sulfonamides is 1. The van der Waals surface area contributed by atoms with Gasteiger partial charge in [-0.3, -0.25) is 0 Å². The molecule has 0 unspecified atom stereocenters. The van der Waals surface area contributed by atoms with Crippen molar-refractivity contribution >= 4 is 10.0 Å². The summed E-state index contributed by atoms with van der Waals surface area (Å²) in [6.07, 6.45) is 2.66. The molecule has 5 nitrogen and oxygen atoms in total. The number of hydrogen-bond donors (Lipinski definition) is 1. The van der Waals surface area contributed by atoms with Gasteiger partial charge in [0, 0.05) is 13.1 Å². The van der Waals surface area contributed by atoms with Gasteiger partial charge in [-0.25, -0.2) is 8.42 Å². The summed E-state index contributed by atoms with van der Waals surface area (Å²) < 4.78 is 26.4. The van der Waals surface area contributed by atoms with Crippen LogP contribution < -0.4 is 0 Å². The van der Waals surface area contributed by atoms with Gasteiger partial charge in [-0.2, -0.15) is 9.57 Å². The van der Waals surface area contributed by atoms with E-state index in [1.165, 1.54) is 16.4 Å². The van der Waals surface area contributed by atoms with Gasteiger partial charge in [-0.15, -0.1) is 0 Å². The molecule has 0 radical (unpaired) electrons. The number of hydrogen-bond acceptors (Lipinski definition) is 4. The van der Waals surface area contributed by atoms with Crippen molar-refractivity contribution in [3.05, 3.63) is 29.8 Å². The van der Waals surface area contributed by atoms with E-state index in [0.29, 0.717) is 6.54 Å². The molecule has 0 atom stereocenters. The van der Waals surface area contributed by atoms with Crippen molar-refractivity contribution in [1.82, 2.24) is 4.31 Å². The van der Waals surface area contributed by atoms with Gasteiger partial charge in [-0.1, -0.05) is 31.9 Å². The van der Waals surface area contributed by atoms with Crippen molar-refractivity contribution in [3.63, 3.8) is 0 Å². The van der Waals surface area contributed by atoms with Crippen LogP contribution in [0.15, 0.2) is 29.2 Å². The van der Waals surface area contributed by atoms with Crippen LogP contribution in [0.4, 0.5) is 0 Å². The molecule has 0 heterocycles. The Morgan fingerprint density at radius 2 is 1.95 bits per heavy atom. The van der Waals surface area contributed by atoms with Gasteiger partial charge in [0.1, 0.15) is 6.07 Å². The molecule has 1 aromatic rings. The number of rotatable bonds is 8. The van der Waals surface area contributed by atoms with Gasteiger partial charge < -0.3 is 5.11 Å². The molecule has 0 bridgehead atoms. The third-order valence-corrected chi connectivity index (χ3v) is 4.94. The van der Waals surface area contributed by atoms with Crippen LogP contribution in [-0.2, 0) is 10.0 Å². The lowest BCUT2D eigenvalue weighted by molar-refractivity contribution is 0.252. The lowest BCUT2D eigenvalue weighted by Crippen LogP contribution is -2.34. The fraction of sp³-hybridized carbons (Fsp3) is 0.500. The zero-order valence-electron chi connectivity index (χ0n) is 11.6. The van der Waals surface area contributed by atoms with Crippen LogP contribution in [0.1, 0.15) is 31.7 Å². The van der Waals surface area contributed by atoms with E-state index in [2.05, 4.69) is 0 Å². The molecule has 1 aromatic carbocycles. The van der Waals surface area contributed by atoms with E-state index < -0.39 is 10.0 Å². The first kappa shape index (κ1) is 16.6. The maximum atomic E-state index is 12.6. The average molecular weight is 296 g/mol. The zero-order chi connectivity index (χ0) is 15.0. The van der Waals surface area contributed by atoms with Crippen molar-refractivity contribution in [3.8, 4) is 6.07 Å². The first-order valence-electron chi connectivity index (χ1n) is 6.68. The van der Waals surface area contributed by atoms with E-state index in [9.17, 15) is 8.42 Å². The number of aliphatic hydroxyl groups is 1. The second kappa shape index (κ2) is 8.00. The van der Waals surface area contributed by atoms with E-state index in [0.717, 1.165) is 19.3 Å². The predicted molar refractivity (Wildman–Crippen MR) is 76.5 cm³/mol. The van der Waals surface area contributed by atoms with Crippen molar-refractivity contribution in [2.75, 3.05) is 19.7 Å². The highest BCUT2D eigenvalue weighted by molar-refractivity contribution is 7.89. The van der Waals surface area contributed by atoms with Crippen LogP contribution in [0.3, 0.4) is 0 Å². The lowest BCUT2D eigenvalue weighted by Gasteiger charge is -2.21. The Bertz CT molecular complexity index is 564. The number of nitriles is 1. The number of nitrogens with zero attached hydrogens (tertiary/aromatic N) is 2. The molecule has 1 N–H and O–H groups in total. The smallest absolute Gasteiger partial charge is 0.244 e. The van der Waals surface area contributed by atoms with E-state index >= 15 is 0 Å². The maximum Gasteiger partial charge on any atom is 0.244 e. The predicted octanol–water partition coefficient (Wildman–Crippen LogP) is 1.73. The minimum Gasteiger partial charge on any atom is -0.395 e. The Balaban J connectivity index is 3.06. The van der Waals surface area contributed by atoms with Gasteiger partial charge in [0.15, 0.2) is 0 Å². The van der Waals surface area contributed by atoms with Crippen molar-refractivity contribution in [1.29, 1.82) is 5.26 Å². The molecule has 1 rings (SSSR count). The summed E-state index contributed by atoms with van der Waals surface area (Å²) in [5.41, 5.74) is 0.130. The second-order valence-electron chi connectivity index (χ2n) is 4.44. The first-order chi connectivity index (χ1) is 9.57. The fourth-order valence-electron chi connectivity index (χ4n) is 1.92. The van der Waals surface area contributed by atoms with Crippen molar-refractivity contribution in [2.24, 2.45) is 0 Å². The number of unbranched alkanes of at least 4 members (excludes halogenated alkanes) is 2. The highest BCUT2D eigenvalue weighted by Gasteiger charge is 2.26. The molecule has 0 amide bonds. The summed E-state index contributed by atoms with van der Waals surface area (Å²) in [5, 5.41) is 18.1. The second-order valence-corrected chi connectivity index (χ2v) is 6.35. The molecule has 6 heteroatoms. The third kappa shape index (κ3) is 4.04. The van der Waals surface area contributed by atoms with E-state index in [4.69, 9.17) is 10.4 Å². The molecule has 0 aromatic heterocycles. The summed E-state index contributed by atoms with van der Waals surface area (Å²) in [4.78, 5) is 0.00690. The molecule has 0 spiro atoms. The van der Waals surface area contributed by atoms with Gasteiger partial charge in [0.05, 0.1) is 17.1 Å². The standard InChI is InChI=1S/C14H20N2O3S/c1-2-3-6-9-16(10-11-17)20(18,19)14-8-5-4-7-13(14)12-15/h4-5,7-8,17H,2-3,6,9-11H2,1H3. The number of benzene rings is 1. The molecule has 0 aliphatic heterocycles. The summed E-state index contributed by atoms with van der Waals surface area (Å²) >= 11 is 0. The monoisotopic (exact) mass is 296 g/mol. The normalized spacial score (nSPS) is 11.5. The average Bonchev–Trinajstić information content (AvgIpc) is 2.46. The Morgan fingerprint density at radius 1 is 1.25 bits per heavy atom. The molecule has 0 saturated carbocycles. The van der Waals surface area contributed by atoms with Crippen LogP contribution >= 0.6 is 0 Å². The van der Waals surface area contributed by atoms with Crippen molar-refractivity contribution < 1.29 is 13.5 Å². The maximum absolute atomic E-state index is 12.6. The lowest BCUT2D eigenvalue weighted by atomic mass is 10.2. The Labute approximate surface area is 120 Å². The topological polar surface area (TPSA) is 81.4 Å². The molecule has 0 fully saturated rings. The van der Waals surface area contributed by atoms with Crippen LogP contribution in [0.25, 0.3) is 0 Å². The Kier molecular flexibility index (Phi) is 6.65. The zero-order valence-corrected chi connectivity index (χ0v) is 12.4. The minimum atomic E-state index is -3.74. The van der Waals surface area contributed by atoms with Crippen LogP contribution in [0, 0.1) is 11.3 Å². The van der Waals surface area contributed by atoms with Crippen LogP contribution in [0.5, 0.6) is 0 Å². The molecule has 0 saturated heterocycles. The van der Waals surface area contributed by atoms with Gasteiger partial charge in [0.2, 0.25) is 10.0 Å². The van der Waals surface area contributed by atoms with Crippen molar-refractivity contribution in [2.45, 2.75) is 31.1 Å². The Morgan fingerprint density at radius 3 is 2.55 bits per heavy atom. The summed E-state index contributed by atoms with van der Waals surface area (Å²) in [6, 6.07) is 8.03. The quantitative estimate of drug-likeness (QED) is 0.741. The van der Waals surface area contributed by atoms with Gasteiger partial charge >= 0.3 is 0 Å². The fourth-order valence-corrected chi connectivity index (χ4v) is 3.54. The molecular weight excluding hydrogens is 276 g/mol. The molecule has 0 aliphatic rings. The minimum absolute atomic E-state index is 0.00690. The van der Waals surface area contributed by atoms with E-state index in [1.54, 1.807) is 12.1 Å². The summed E-state index contributed by atoms with van der Waals surface area (Å²) in [7, 11) is -3.74. The molecule has 0 aliphatic carbocycles.